The zero-order chi connectivity index (χ0) is 26.6. The molecule has 6 rings (SSSR count). The molecule has 1 aliphatic carbocycles. The zero-order valence-electron chi connectivity index (χ0n) is 21.7. The fourth-order valence-corrected chi connectivity index (χ4v) is 5.90. The Labute approximate surface area is 233 Å². The third-order valence-corrected chi connectivity index (χ3v) is 7.97. The maximum absolute atomic E-state index is 13.7. The Morgan fingerprint density at radius 3 is 2.59 bits per heavy atom. The standard InChI is InChI=1S/C32H30ClN5O/c33-30-15-6-5-14-27(30)29-21-34-17-16-28(29)32-35-22-37(36-32)18-19-38(25-11-2-3-12-25)31(39)20-24-10-7-9-23-8-1-4-13-26(23)24/h1,4-10,13-17,21-22,25H,2-3,11-12,18-20H2. The zero-order valence-corrected chi connectivity index (χ0v) is 22.5. The van der Waals surface area contributed by atoms with Crippen LogP contribution in [-0.4, -0.2) is 43.1 Å². The molecule has 0 unspecified atom stereocenters. The molecule has 1 amide bonds. The van der Waals surface area contributed by atoms with Crippen LogP contribution >= 0.6 is 11.6 Å². The second kappa shape index (κ2) is 11.4. The highest BCUT2D eigenvalue weighted by atomic mass is 35.5. The number of halogens is 1. The SMILES string of the molecule is O=C(Cc1cccc2ccccc12)N(CCn1cnc(-c2ccncc2-c2ccccc2Cl)n1)C1CCCC1. The summed E-state index contributed by atoms with van der Waals surface area (Å²) in [6, 6.07) is 24.4. The van der Waals surface area contributed by atoms with Crippen LogP contribution in [0.4, 0.5) is 0 Å². The molecule has 1 saturated carbocycles. The Morgan fingerprint density at radius 1 is 0.923 bits per heavy atom. The average molecular weight is 536 g/mol. The van der Waals surface area contributed by atoms with E-state index < -0.39 is 0 Å². The van der Waals surface area contributed by atoms with Crippen LogP contribution in [-0.2, 0) is 17.8 Å². The summed E-state index contributed by atoms with van der Waals surface area (Å²) in [7, 11) is 0. The normalized spacial score (nSPS) is 13.7. The topological polar surface area (TPSA) is 63.9 Å². The minimum Gasteiger partial charge on any atom is -0.338 e. The lowest BCUT2D eigenvalue weighted by molar-refractivity contribution is -0.132. The van der Waals surface area contributed by atoms with Gasteiger partial charge in [0.25, 0.3) is 0 Å². The van der Waals surface area contributed by atoms with Crippen LogP contribution in [0.5, 0.6) is 0 Å². The Kier molecular flexibility index (Phi) is 7.37. The van der Waals surface area contributed by atoms with Crippen molar-refractivity contribution in [3.63, 3.8) is 0 Å². The largest absolute Gasteiger partial charge is 0.338 e. The molecular formula is C32H30ClN5O. The molecule has 1 fully saturated rings. The predicted octanol–water partition coefficient (Wildman–Crippen LogP) is 6.83. The van der Waals surface area contributed by atoms with Crippen molar-refractivity contribution < 1.29 is 4.79 Å². The summed E-state index contributed by atoms with van der Waals surface area (Å²) in [6.45, 7) is 1.18. The van der Waals surface area contributed by atoms with Crippen LogP contribution in [0.25, 0.3) is 33.3 Å². The summed E-state index contributed by atoms with van der Waals surface area (Å²) in [5.41, 5.74) is 3.73. The van der Waals surface area contributed by atoms with E-state index in [1.807, 2.05) is 53.2 Å². The summed E-state index contributed by atoms with van der Waals surface area (Å²) in [5.74, 6) is 0.788. The quantitative estimate of drug-likeness (QED) is 0.218. The first kappa shape index (κ1) is 25.3. The second-order valence-electron chi connectivity index (χ2n) is 10.1. The van der Waals surface area contributed by atoms with Gasteiger partial charge in [-0.3, -0.25) is 14.5 Å². The Hall–Kier alpha value is -4.03. The number of rotatable bonds is 8. The summed E-state index contributed by atoms with van der Waals surface area (Å²) < 4.78 is 1.83. The highest BCUT2D eigenvalue weighted by molar-refractivity contribution is 6.33. The van der Waals surface area contributed by atoms with Crippen LogP contribution in [0.3, 0.4) is 0 Å². The first-order valence-electron chi connectivity index (χ1n) is 13.5. The molecule has 0 N–H and O–H groups in total. The van der Waals surface area contributed by atoms with E-state index in [0.29, 0.717) is 30.4 Å². The minimum absolute atomic E-state index is 0.175. The van der Waals surface area contributed by atoms with Crippen LogP contribution in [0.15, 0.2) is 91.5 Å². The molecule has 6 nitrogen and oxygen atoms in total. The number of amides is 1. The number of hydrogen-bond acceptors (Lipinski definition) is 4. The first-order valence-corrected chi connectivity index (χ1v) is 13.9. The number of carbonyl (C=O) groups excluding carboxylic acids is 1. The van der Waals surface area contributed by atoms with Gasteiger partial charge in [-0.1, -0.05) is 85.1 Å². The third-order valence-electron chi connectivity index (χ3n) is 7.64. The lowest BCUT2D eigenvalue weighted by atomic mass is 10.0. The molecule has 39 heavy (non-hydrogen) atoms. The van der Waals surface area contributed by atoms with Gasteiger partial charge in [0.15, 0.2) is 5.82 Å². The summed E-state index contributed by atoms with van der Waals surface area (Å²) in [5, 5.41) is 7.74. The molecule has 2 heterocycles. The van der Waals surface area contributed by atoms with Crippen LogP contribution < -0.4 is 0 Å². The molecule has 0 bridgehead atoms. The van der Waals surface area contributed by atoms with E-state index in [2.05, 4.69) is 39.1 Å². The van der Waals surface area contributed by atoms with Crippen LogP contribution in [0, 0.1) is 0 Å². The fourth-order valence-electron chi connectivity index (χ4n) is 5.66. The highest BCUT2D eigenvalue weighted by Crippen LogP contribution is 2.34. The Bertz CT molecular complexity index is 1600. The number of benzene rings is 3. The molecular weight excluding hydrogens is 506 g/mol. The van der Waals surface area contributed by atoms with E-state index in [-0.39, 0.29) is 11.9 Å². The molecule has 1 aliphatic rings. The van der Waals surface area contributed by atoms with Gasteiger partial charge in [0.05, 0.1) is 13.0 Å². The maximum Gasteiger partial charge on any atom is 0.227 e. The molecule has 0 saturated heterocycles. The molecule has 0 spiro atoms. The summed E-state index contributed by atoms with van der Waals surface area (Å²) in [4.78, 5) is 24.7. The van der Waals surface area contributed by atoms with E-state index in [1.54, 1.807) is 18.7 Å². The van der Waals surface area contributed by atoms with E-state index in [0.717, 1.165) is 45.9 Å². The van der Waals surface area contributed by atoms with Gasteiger partial charge < -0.3 is 4.90 Å². The summed E-state index contributed by atoms with van der Waals surface area (Å²) in [6.07, 6.45) is 10.1. The molecule has 2 aromatic heterocycles. The highest BCUT2D eigenvalue weighted by Gasteiger charge is 2.27. The van der Waals surface area contributed by atoms with E-state index in [9.17, 15) is 4.79 Å². The number of aromatic nitrogens is 4. The van der Waals surface area contributed by atoms with E-state index in [4.69, 9.17) is 16.7 Å². The predicted molar refractivity (Wildman–Crippen MR) is 155 cm³/mol. The van der Waals surface area contributed by atoms with Gasteiger partial charge in [0, 0.05) is 46.7 Å². The smallest absolute Gasteiger partial charge is 0.227 e. The second-order valence-corrected chi connectivity index (χ2v) is 10.5. The maximum atomic E-state index is 13.7. The molecule has 196 valence electrons. The van der Waals surface area contributed by atoms with Crippen molar-refractivity contribution in [2.45, 2.75) is 44.7 Å². The van der Waals surface area contributed by atoms with Gasteiger partial charge in [0.2, 0.25) is 5.91 Å². The minimum atomic E-state index is 0.175. The van der Waals surface area contributed by atoms with Gasteiger partial charge in [0.1, 0.15) is 6.33 Å². The lowest BCUT2D eigenvalue weighted by Gasteiger charge is -2.29. The van der Waals surface area contributed by atoms with Crippen molar-refractivity contribution in [2.75, 3.05) is 6.54 Å². The van der Waals surface area contributed by atoms with E-state index >= 15 is 0 Å². The number of pyridine rings is 1. The third kappa shape index (κ3) is 5.43. The molecule has 0 aliphatic heterocycles. The van der Waals surface area contributed by atoms with Gasteiger partial charge in [-0.15, -0.1) is 0 Å². The molecule has 3 aromatic carbocycles. The number of fused-ring (bicyclic) bond motifs is 1. The summed E-state index contributed by atoms with van der Waals surface area (Å²) >= 11 is 6.48. The van der Waals surface area contributed by atoms with Crippen molar-refractivity contribution in [1.29, 1.82) is 0 Å². The lowest BCUT2D eigenvalue weighted by Crippen LogP contribution is -2.41. The molecule has 7 heteroatoms. The van der Waals surface area contributed by atoms with Crippen molar-refractivity contribution in [3.05, 3.63) is 102 Å². The van der Waals surface area contributed by atoms with Crippen LogP contribution in [0.2, 0.25) is 5.02 Å². The Balaban J connectivity index is 1.21. The van der Waals surface area contributed by atoms with Crippen molar-refractivity contribution in [3.8, 4) is 22.5 Å². The number of hydrogen-bond donors (Lipinski definition) is 0. The number of nitrogens with zero attached hydrogens (tertiary/aromatic N) is 5. The van der Waals surface area contributed by atoms with Crippen molar-refractivity contribution in [2.24, 2.45) is 0 Å². The van der Waals surface area contributed by atoms with Crippen molar-refractivity contribution in [1.82, 2.24) is 24.6 Å². The molecule has 0 radical (unpaired) electrons. The fraction of sp³-hybridized carbons (Fsp3) is 0.250. The molecule has 5 aromatic rings. The number of carbonyl (C=O) groups is 1. The van der Waals surface area contributed by atoms with Crippen LogP contribution in [0.1, 0.15) is 31.2 Å². The monoisotopic (exact) mass is 535 g/mol. The van der Waals surface area contributed by atoms with Gasteiger partial charge >= 0.3 is 0 Å². The van der Waals surface area contributed by atoms with Gasteiger partial charge in [-0.25, -0.2) is 4.98 Å². The average Bonchev–Trinajstić information content (AvgIpc) is 3.67. The van der Waals surface area contributed by atoms with E-state index in [1.165, 1.54) is 12.8 Å². The van der Waals surface area contributed by atoms with Gasteiger partial charge in [-0.05, 0) is 41.3 Å². The first-order chi connectivity index (χ1) is 19.2. The molecule has 0 atom stereocenters. The van der Waals surface area contributed by atoms with Gasteiger partial charge in [-0.2, -0.15) is 5.10 Å². The Morgan fingerprint density at radius 2 is 1.72 bits per heavy atom. The van der Waals surface area contributed by atoms with Crippen molar-refractivity contribution >= 4 is 28.3 Å².